The first-order valence-corrected chi connectivity index (χ1v) is 8.14. The van der Waals surface area contributed by atoms with Crippen molar-refractivity contribution in [3.8, 4) is 11.5 Å². The van der Waals surface area contributed by atoms with E-state index in [9.17, 15) is 14.3 Å². The van der Waals surface area contributed by atoms with Crippen LogP contribution in [-0.2, 0) is 6.54 Å². The number of hydrogen-bond donors (Lipinski definition) is 2. The molecule has 2 aromatic rings. The quantitative estimate of drug-likeness (QED) is 0.417. The molecule has 0 saturated heterocycles. The van der Waals surface area contributed by atoms with E-state index in [1.807, 2.05) is 0 Å². The molecule has 0 atom stereocenters. The van der Waals surface area contributed by atoms with E-state index >= 15 is 0 Å². The molecule has 2 rings (SSSR count). The number of carbonyl (C=O) groups excluding carboxylic acids is 1. The van der Waals surface area contributed by atoms with Crippen molar-refractivity contribution in [3.05, 3.63) is 58.9 Å². The number of carboxylic acids is 1. The summed E-state index contributed by atoms with van der Waals surface area (Å²) >= 11 is 5.08. The van der Waals surface area contributed by atoms with Gasteiger partial charge in [0, 0.05) is 12.1 Å². The minimum atomic E-state index is -1.43. The number of carbonyl (C=O) groups is 1. The number of nitrogens with zero attached hydrogens (tertiary/aromatic N) is 1. The average Bonchev–Trinajstić information content (AvgIpc) is 2.66. The van der Waals surface area contributed by atoms with Crippen LogP contribution in [-0.4, -0.2) is 31.5 Å². The SMILES string of the molecule is COc1ccc(/C=N\NC(=S)NCc2ccc(F)cc2)c(C(=O)[O-])c1OC. The molecule has 2 N–H and O–H groups in total. The van der Waals surface area contributed by atoms with E-state index < -0.39 is 5.97 Å². The van der Waals surface area contributed by atoms with Gasteiger partial charge >= 0.3 is 0 Å². The molecule has 142 valence electrons. The lowest BCUT2D eigenvalue weighted by atomic mass is 10.1. The van der Waals surface area contributed by atoms with Crippen LogP contribution in [0.2, 0.25) is 0 Å². The van der Waals surface area contributed by atoms with Crippen LogP contribution >= 0.6 is 12.2 Å². The van der Waals surface area contributed by atoms with Gasteiger partial charge in [-0.05, 0) is 42.0 Å². The lowest BCUT2D eigenvalue weighted by Crippen LogP contribution is -2.31. The second kappa shape index (κ2) is 9.48. The van der Waals surface area contributed by atoms with Crippen molar-refractivity contribution in [3.63, 3.8) is 0 Å². The fraction of sp³-hybridized carbons (Fsp3) is 0.167. The summed E-state index contributed by atoms with van der Waals surface area (Å²) in [5, 5.41) is 18.5. The Labute approximate surface area is 160 Å². The molecule has 9 heteroatoms. The Hall–Kier alpha value is -3.20. The molecule has 0 unspecified atom stereocenters. The average molecular weight is 390 g/mol. The van der Waals surface area contributed by atoms with Crippen LogP contribution in [0.25, 0.3) is 0 Å². The van der Waals surface area contributed by atoms with Gasteiger partial charge in [-0.3, -0.25) is 5.43 Å². The zero-order valence-electron chi connectivity index (χ0n) is 14.6. The maximum absolute atomic E-state index is 12.9. The molecule has 0 fully saturated rings. The van der Waals surface area contributed by atoms with Crippen molar-refractivity contribution >= 4 is 29.5 Å². The van der Waals surface area contributed by atoms with Gasteiger partial charge in [-0.15, -0.1) is 0 Å². The van der Waals surface area contributed by atoms with E-state index in [0.717, 1.165) is 5.56 Å². The van der Waals surface area contributed by atoms with Gasteiger partial charge in [0.1, 0.15) is 5.82 Å². The molecule has 0 aliphatic heterocycles. The molecule has 27 heavy (non-hydrogen) atoms. The number of nitrogens with one attached hydrogen (secondary N) is 2. The molecular formula is C18H17FN3O4S-. The lowest BCUT2D eigenvalue weighted by Gasteiger charge is -2.15. The van der Waals surface area contributed by atoms with Gasteiger partial charge in [-0.25, -0.2) is 4.39 Å². The number of hydrogen-bond acceptors (Lipinski definition) is 6. The minimum absolute atomic E-state index is 0.0402. The highest BCUT2D eigenvalue weighted by atomic mass is 32.1. The van der Waals surface area contributed by atoms with Crippen LogP contribution in [0.15, 0.2) is 41.5 Å². The second-order valence-electron chi connectivity index (χ2n) is 5.23. The second-order valence-corrected chi connectivity index (χ2v) is 5.64. The minimum Gasteiger partial charge on any atom is -0.545 e. The van der Waals surface area contributed by atoms with Crippen molar-refractivity contribution in [2.45, 2.75) is 6.54 Å². The van der Waals surface area contributed by atoms with Crippen LogP contribution in [0.3, 0.4) is 0 Å². The summed E-state index contributed by atoms with van der Waals surface area (Å²) in [7, 11) is 2.73. The lowest BCUT2D eigenvalue weighted by molar-refractivity contribution is -0.255. The summed E-state index contributed by atoms with van der Waals surface area (Å²) in [5.41, 5.74) is 3.48. The van der Waals surface area contributed by atoms with Gasteiger partial charge < -0.3 is 24.7 Å². The normalized spacial score (nSPS) is 10.5. The maximum Gasteiger partial charge on any atom is 0.187 e. The highest BCUT2D eigenvalue weighted by Crippen LogP contribution is 2.32. The molecule has 0 amide bonds. The largest absolute Gasteiger partial charge is 0.545 e. The molecule has 0 aliphatic rings. The van der Waals surface area contributed by atoms with Crippen LogP contribution < -0.4 is 25.3 Å². The number of aromatic carboxylic acids is 1. The fourth-order valence-corrected chi connectivity index (χ4v) is 2.37. The summed E-state index contributed by atoms with van der Waals surface area (Å²) in [5.74, 6) is -1.44. The third-order valence-corrected chi connectivity index (χ3v) is 3.75. The summed E-state index contributed by atoms with van der Waals surface area (Å²) in [4.78, 5) is 11.5. The van der Waals surface area contributed by atoms with E-state index in [4.69, 9.17) is 21.7 Å². The number of halogens is 1. The van der Waals surface area contributed by atoms with Crippen LogP contribution in [0.1, 0.15) is 21.5 Å². The monoisotopic (exact) mass is 390 g/mol. The van der Waals surface area contributed by atoms with Gasteiger partial charge in [0.15, 0.2) is 16.6 Å². The van der Waals surface area contributed by atoms with Crippen molar-refractivity contribution in [2.24, 2.45) is 5.10 Å². The van der Waals surface area contributed by atoms with Crippen molar-refractivity contribution in [2.75, 3.05) is 14.2 Å². The Morgan fingerprint density at radius 2 is 1.93 bits per heavy atom. The molecular weight excluding hydrogens is 373 g/mol. The number of rotatable bonds is 7. The molecule has 0 aromatic heterocycles. The highest BCUT2D eigenvalue weighted by Gasteiger charge is 2.15. The Kier molecular flexibility index (Phi) is 7.07. The van der Waals surface area contributed by atoms with E-state index in [0.29, 0.717) is 6.54 Å². The van der Waals surface area contributed by atoms with Crippen molar-refractivity contribution in [1.29, 1.82) is 0 Å². The van der Waals surface area contributed by atoms with Gasteiger partial charge in [0.25, 0.3) is 0 Å². The van der Waals surface area contributed by atoms with Gasteiger partial charge in [-0.2, -0.15) is 5.10 Å². The first kappa shape index (κ1) is 20.1. The summed E-state index contributed by atoms with van der Waals surface area (Å²) in [6, 6.07) is 9.02. The van der Waals surface area contributed by atoms with E-state index in [1.54, 1.807) is 18.2 Å². The molecule has 0 saturated carbocycles. The Morgan fingerprint density at radius 1 is 1.22 bits per heavy atom. The molecule has 0 spiro atoms. The Balaban J connectivity index is 2.03. The third-order valence-electron chi connectivity index (χ3n) is 3.52. The first-order valence-electron chi connectivity index (χ1n) is 7.74. The predicted molar refractivity (Wildman–Crippen MR) is 100 cm³/mol. The molecule has 0 heterocycles. The molecule has 0 bridgehead atoms. The van der Waals surface area contributed by atoms with Crippen molar-refractivity contribution in [1.82, 2.24) is 10.7 Å². The Morgan fingerprint density at radius 3 is 2.52 bits per heavy atom. The van der Waals surface area contributed by atoms with E-state index in [2.05, 4.69) is 15.8 Å². The molecule has 0 radical (unpaired) electrons. The standard InChI is InChI=1S/C18H18FN3O4S/c1-25-14-8-5-12(15(17(23)24)16(14)26-2)10-21-22-18(27)20-9-11-3-6-13(19)7-4-11/h3-8,10H,9H2,1-2H3,(H,23,24)(H2,20,22,27)/p-1/b21-10-. The first-order chi connectivity index (χ1) is 13.0. The number of benzene rings is 2. The number of thiocarbonyl (C=S) groups is 1. The van der Waals surface area contributed by atoms with Gasteiger partial charge in [0.2, 0.25) is 0 Å². The summed E-state index contributed by atoms with van der Waals surface area (Å²) < 4.78 is 23.0. The van der Waals surface area contributed by atoms with Crippen LogP contribution in [0, 0.1) is 5.82 Å². The van der Waals surface area contributed by atoms with E-state index in [1.165, 1.54) is 38.6 Å². The van der Waals surface area contributed by atoms with Crippen LogP contribution in [0.4, 0.5) is 4.39 Å². The zero-order valence-corrected chi connectivity index (χ0v) is 15.4. The van der Waals surface area contributed by atoms with Crippen molar-refractivity contribution < 1.29 is 23.8 Å². The zero-order chi connectivity index (χ0) is 19.8. The predicted octanol–water partition coefficient (Wildman–Crippen LogP) is 1.20. The smallest absolute Gasteiger partial charge is 0.187 e. The van der Waals surface area contributed by atoms with Gasteiger partial charge in [-0.1, -0.05) is 12.1 Å². The molecule has 0 aliphatic carbocycles. The number of methoxy groups -OCH3 is 2. The molecule has 2 aromatic carbocycles. The number of carboxylic acid groups (broad SMARTS) is 1. The topological polar surface area (TPSA) is 95.0 Å². The third kappa shape index (κ3) is 5.38. The molecule has 7 nitrogen and oxygen atoms in total. The van der Waals surface area contributed by atoms with E-state index in [-0.39, 0.29) is 33.6 Å². The number of hydrazone groups is 1. The maximum atomic E-state index is 12.9. The summed E-state index contributed by atoms with van der Waals surface area (Å²) in [6.45, 7) is 0.377. The Bertz CT molecular complexity index is 856. The fourth-order valence-electron chi connectivity index (χ4n) is 2.24. The van der Waals surface area contributed by atoms with Gasteiger partial charge in [0.05, 0.1) is 32.0 Å². The van der Waals surface area contributed by atoms with Crippen LogP contribution in [0.5, 0.6) is 11.5 Å². The summed E-state index contributed by atoms with van der Waals surface area (Å²) in [6.07, 6.45) is 1.28. The number of ether oxygens (including phenoxy) is 2. The highest BCUT2D eigenvalue weighted by molar-refractivity contribution is 7.80.